The molecule has 23 heavy (non-hydrogen) atoms. The van der Waals surface area contributed by atoms with Crippen LogP contribution in [0.15, 0.2) is 41.1 Å². The third-order valence-electron chi connectivity index (χ3n) is 4.20. The first-order valence-electron chi connectivity index (χ1n) is 7.93. The van der Waals surface area contributed by atoms with Gasteiger partial charge >= 0.3 is 0 Å². The number of benzene rings is 1. The summed E-state index contributed by atoms with van der Waals surface area (Å²) in [6.45, 7) is 4.56. The molecular formula is C18H22N2O2S. The van der Waals surface area contributed by atoms with E-state index in [4.69, 9.17) is 4.74 Å². The number of nitrogens with zero attached hydrogens (tertiary/aromatic N) is 2. The SMILES string of the molecule is COc1ccc(C(=O)N2CCCN(Cc3ccsc3)CC2)cc1. The van der Waals surface area contributed by atoms with Crippen LogP contribution in [0.3, 0.4) is 0 Å². The van der Waals surface area contributed by atoms with Gasteiger partial charge in [-0.15, -0.1) is 0 Å². The highest BCUT2D eigenvalue weighted by atomic mass is 32.1. The van der Waals surface area contributed by atoms with Crippen LogP contribution < -0.4 is 4.74 Å². The van der Waals surface area contributed by atoms with Gasteiger partial charge in [-0.05, 0) is 53.1 Å². The summed E-state index contributed by atoms with van der Waals surface area (Å²) >= 11 is 1.74. The predicted octanol–water partition coefficient (Wildman–Crippen LogP) is 3.10. The third-order valence-corrected chi connectivity index (χ3v) is 4.93. The van der Waals surface area contributed by atoms with Crippen molar-refractivity contribution in [3.8, 4) is 5.75 Å². The number of thiophene rings is 1. The molecule has 1 fully saturated rings. The van der Waals surface area contributed by atoms with E-state index in [2.05, 4.69) is 21.7 Å². The lowest BCUT2D eigenvalue weighted by molar-refractivity contribution is 0.0761. The quantitative estimate of drug-likeness (QED) is 0.863. The van der Waals surface area contributed by atoms with Crippen molar-refractivity contribution in [1.29, 1.82) is 0 Å². The first-order chi connectivity index (χ1) is 11.3. The summed E-state index contributed by atoms with van der Waals surface area (Å²) in [5.74, 6) is 0.893. The fourth-order valence-corrected chi connectivity index (χ4v) is 3.55. The van der Waals surface area contributed by atoms with Crippen molar-refractivity contribution in [3.63, 3.8) is 0 Å². The van der Waals surface area contributed by atoms with Crippen molar-refractivity contribution in [2.75, 3.05) is 33.3 Å². The molecule has 1 aromatic heterocycles. The molecule has 0 bridgehead atoms. The zero-order valence-electron chi connectivity index (χ0n) is 13.4. The van der Waals surface area contributed by atoms with Crippen LogP contribution in [0.5, 0.6) is 5.75 Å². The number of hydrogen-bond donors (Lipinski definition) is 0. The zero-order valence-corrected chi connectivity index (χ0v) is 14.2. The van der Waals surface area contributed by atoms with Gasteiger partial charge in [-0.3, -0.25) is 9.69 Å². The van der Waals surface area contributed by atoms with Crippen molar-refractivity contribution in [3.05, 3.63) is 52.2 Å². The summed E-state index contributed by atoms with van der Waals surface area (Å²) in [6.07, 6.45) is 1.02. The minimum atomic E-state index is 0.116. The average Bonchev–Trinajstić information content (AvgIpc) is 2.99. The van der Waals surface area contributed by atoms with Crippen molar-refractivity contribution in [1.82, 2.24) is 9.80 Å². The number of amides is 1. The Hall–Kier alpha value is -1.85. The maximum Gasteiger partial charge on any atom is 0.253 e. The fourth-order valence-electron chi connectivity index (χ4n) is 2.89. The molecule has 1 aliphatic rings. The molecular weight excluding hydrogens is 308 g/mol. The summed E-state index contributed by atoms with van der Waals surface area (Å²) in [5.41, 5.74) is 2.10. The minimum Gasteiger partial charge on any atom is -0.497 e. The summed E-state index contributed by atoms with van der Waals surface area (Å²) in [7, 11) is 1.63. The Bertz CT molecular complexity index is 625. The summed E-state index contributed by atoms with van der Waals surface area (Å²) in [6, 6.07) is 9.54. The molecule has 0 spiro atoms. The lowest BCUT2D eigenvalue weighted by Gasteiger charge is -2.22. The predicted molar refractivity (Wildman–Crippen MR) is 93.1 cm³/mol. The molecule has 0 radical (unpaired) electrons. The third kappa shape index (κ3) is 4.12. The summed E-state index contributed by atoms with van der Waals surface area (Å²) in [5, 5.41) is 4.32. The Balaban J connectivity index is 1.59. The van der Waals surface area contributed by atoms with Crippen LogP contribution in [0.4, 0.5) is 0 Å². The minimum absolute atomic E-state index is 0.116. The Kier molecular flexibility index (Phi) is 5.31. The monoisotopic (exact) mass is 330 g/mol. The van der Waals surface area contributed by atoms with Crippen molar-refractivity contribution in [2.45, 2.75) is 13.0 Å². The molecule has 0 aliphatic carbocycles. The molecule has 2 aromatic rings. The molecule has 0 unspecified atom stereocenters. The highest BCUT2D eigenvalue weighted by Crippen LogP contribution is 2.16. The lowest BCUT2D eigenvalue weighted by Crippen LogP contribution is -2.35. The van der Waals surface area contributed by atoms with Crippen LogP contribution in [0.2, 0.25) is 0 Å². The van der Waals surface area contributed by atoms with E-state index in [1.54, 1.807) is 18.4 Å². The molecule has 4 nitrogen and oxygen atoms in total. The Labute approximate surface area is 141 Å². The number of ether oxygens (including phenoxy) is 1. The van der Waals surface area contributed by atoms with Crippen molar-refractivity contribution < 1.29 is 9.53 Å². The first-order valence-corrected chi connectivity index (χ1v) is 8.87. The van der Waals surface area contributed by atoms with E-state index in [-0.39, 0.29) is 5.91 Å². The largest absolute Gasteiger partial charge is 0.497 e. The van der Waals surface area contributed by atoms with E-state index in [1.165, 1.54) is 5.56 Å². The van der Waals surface area contributed by atoms with E-state index in [1.807, 2.05) is 29.2 Å². The van der Waals surface area contributed by atoms with Gasteiger partial charge in [0.25, 0.3) is 5.91 Å². The van der Waals surface area contributed by atoms with Gasteiger partial charge in [0.15, 0.2) is 0 Å². The number of rotatable bonds is 4. The molecule has 0 saturated carbocycles. The van der Waals surface area contributed by atoms with Crippen molar-refractivity contribution in [2.24, 2.45) is 0 Å². The van der Waals surface area contributed by atoms with E-state index < -0.39 is 0 Å². The Morgan fingerprint density at radius 2 is 1.96 bits per heavy atom. The lowest BCUT2D eigenvalue weighted by atomic mass is 10.2. The normalized spacial score (nSPS) is 16.1. The second kappa shape index (κ2) is 7.62. The second-order valence-corrected chi connectivity index (χ2v) is 6.56. The van der Waals surface area contributed by atoms with Gasteiger partial charge in [0.05, 0.1) is 7.11 Å². The second-order valence-electron chi connectivity index (χ2n) is 5.78. The molecule has 5 heteroatoms. The molecule has 1 amide bonds. The van der Waals surface area contributed by atoms with E-state index in [0.717, 1.165) is 50.5 Å². The fraction of sp³-hybridized carbons (Fsp3) is 0.389. The maximum atomic E-state index is 12.6. The molecule has 1 aromatic carbocycles. The molecule has 2 heterocycles. The van der Waals surface area contributed by atoms with Gasteiger partial charge in [-0.2, -0.15) is 11.3 Å². The van der Waals surface area contributed by atoms with Crippen LogP contribution in [0.25, 0.3) is 0 Å². The first kappa shape index (κ1) is 16.0. The molecule has 3 rings (SSSR count). The van der Waals surface area contributed by atoms with Gasteiger partial charge < -0.3 is 9.64 Å². The van der Waals surface area contributed by atoms with Gasteiger partial charge in [-0.25, -0.2) is 0 Å². The molecule has 0 atom stereocenters. The topological polar surface area (TPSA) is 32.8 Å². The molecule has 122 valence electrons. The number of hydrogen-bond acceptors (Lipinski definition) is 4. The maximum absolute atomic E-state index is 12.6. The van der Waals surface area contributed by atoms with Crippen LogP contribution in [-0.4, -0.2) is 49.0 Å². The van der Waals surface area contributed by atoms with E-state index in [9.17, 15) is 4.79 Å². The Morgan fingerprint density at radius 1 is 1.13 bits per heavy atom. The van der Waals surface area contributed by atoms with Crippen LogP contribution in [-0.2, 0) is 6.54 Å². The van der Waals surface area contributed by atoms with E-state index in [0.29, 0.717) is 0 Å². The summed E-state index contributed by atoms with van der Waals surface area (Å²) < 4.78 is 5.15. The Morgan fingerprint density at radius 3 is 2.65 bits per heavy atom. The van der Waals surface area contributed by atoms with Crippen LogP contribution >= 0.6 is 11.3 Å². The van der Waals surface area contributed by atoms with Gasteiger partial charge in [0.2, 0.25) is 0 Å². The summed E-state index contributed by atoms with van der Waals surface area (Å²) in [4.78, 5) is 17.0. The van der Waals surface area contributed by atoms with Gasteiger partial charge in [0.1, 0.15) is 5.75 Å². The highest BCUT2D eigenvalue weighted by Gasteiger charge is 2.20. The number of carbonyl (C=O) groups is 1. The standard InChI is InChI=1S/C18H22N2O2S/c1-22-17-5-3-16(4-6-17)18(21)20-9-2-8-19(10-11-20)13-15-7-12-23-14-15/h3-7,12,14H,2,8-11,13H2,1H3. The average molecular weight is 330 g/mol. The zero-order chi connectivity index (χ0) is 16.1. The number of carbonyl (C=O) groups excluding carboxylic acids is 1. The van der Waals surface area contributed by atoms with Gasteiger partial charge in [0, 0.05) is 38.3 Å². The van der Waals surface area contributed by atoms with Gasteiger partial charge in [-0.1, -0.05) is 0 Å². The van der Waals surface area contributed by atoms with Crippen LogP contribution in [0.1, 0.15) is 22.3 Å². The highest BCUT2D eigenvalue weighted by molar-refractivity contribution is 7.07. The van der Waals surface area contributed by atoms with Crippen molar-refractivity contribution >= 4 is 17.2 Å². The molecule has 1 aliphatic heterocycles. The van der Waals surface area contributed by atoms with E-state index >= 15 is 0 Å². The smallest absolute Gasteiger partial charge is 0.253 e. The molecule has 1 saturated heterocycles. The molecule has 0 N–H and O–H groups in total. The van der Waals surface area contributed by atoms with Crippen LogP contribution in [0, 0.1) is 0 Å². The number of methoxy groups -OCH3 is 1.